The summed E-state index contributed by atoms with van der Waals surface area (Å²) in [5.41, 5.74) is 5.17. The lowest BCUT2D eigenvalue weighted by Gasteiger charge is -2.28. The number of unbranched alkanes of at least 4 members (excludes halogenated alkanes) is 30. The summed E-state index contributed by atoms with van der Waals surface area (Å²) >= 11 is 0. The normalized spacial score (nSPS) is 11.9. The van der Waals surface area contributed by atoms with E-state index in [1.165, 1.54) is 180 Å². The monoisotopic (exact) mass is 1020 g/mol. The zero-order valence-corrected chi connectivity index (χ0v) is 49.4. The Morgan fingerprint density at radius 1 is 0.417 bits per heavy atom. The molecule has 72 heavy (non-hydrogen) atoms. The van der Waals surface area contributed by atoms with Crippen molar-refractivity contribution in [1.82, 2.24) is 0 Å². The van der Waals surface area contributed by atoms with E-state index >= 15 is 0 Å². The van der Waals surface area contributed by atoms with E-state index < -0.39 is 8.60 Å². The van der Waals surface area contributed by atoms with Gasteiger partial charge in [0.2, 0.25) is 0 Å². The highest BCUT2D eigenvalue weighted by Gasteiger charge is 2.28. The number of hydrogen-bond donors (Lipinski definition) is 1. The third kappa shape index (κ3) is 31.3. The van der Waals surface area contributed by atoms with Gasteiger partial charge in [-0.1, -0.05) is 272 Å². The third-order valence-electron chi connectivity index (χ3n) is 14.4. The summed E-state index contributed by atoms with van der Waals surface area (Å²) in [5, 5.41) is 0. The van der Waals surface area contributed by atoms with Crippen LogP contribution in [0.15, 0.2) is 24.3 Å². The molecule has 0 heterocycles. The van der Waals surface area contributed by atoms with Crippen LogP contribution in [0.25, 0.3) is 0 Å². The van der Waals surface area contributed by atoms with Gasteiger partial charge in [-0.25, -0.2) is 0 Å². The molecule has 0 spiro atoms. The summed E-state index contributed by atoms with van der Waals surface area (Å²) in [6.45, 7) is 22.3. The van der Waals surface area contributed by atoms with Crippen molar-refractivity contribution >= 4 is 20.5 Å². The summed E-state index contributed by atoms with van der Waals surface area (Å²) in [7, 11) is -2.34. The fraction of sp³-hybridized carbons (Fsp3) is 0.781. The molecular weight excluding hydrogens is 912 g/mol. The van der Waals surface area contributed by atoms with Gasteiger partial charge >= 0.3 is 20.5 Å². The van der Waals surface area contributed by atoms with E-state index in [-0.39, 0.29) is 22.8 Å². The van der Waals surface area contributed by atoms with E-state index in [9.17, 15) is 14.5 Å². The molecule has 8 heteroatoms. The minimum absolute atomic E-state index is 0.157. The van der Waals surface area contributed by atoms with Crippen LogP contribution < -0.4 is 9.05 Å². The molecule has 0 atom stereocenters. The molecule has 0 aliphatic heterocycles. The van der Waals surface area contributed by atoms with Gasteiger partial charge in [0.05, 0.1) is 13.2 Å². The number of hydrogen-bond acceptors (Lipinski definition) is 7. The largest absolute Gasteiger partial charge is 0.466 e. The first kappa shape index (κ1) is 65.5. The van der Waals surface area contributed by atoms with Crippen molar-refractivity contribution in [3.8, 4) is 11.5 Å². The second-order valence-electron chi connectivity index (χ2n) is 23.5. The number of aryl methyl sites for hydroxylation is 4. The van der Waals surface area contributed by atoms with Crippen molar-refractivity contribution in [2.24, 2.45) is 0 Å². The first-order valence-corrected chi connectivity index (χ1v) is 31.1. The second-order valence-corrected chi connectivity index (χ2v) is 24.4. The van der Waals surface area contributed by atoms with Gasteiger partial charge in [0.25, 0.3) is 0 Å². The number of carbonyl (C=O) groups is 2. The van der Waals surface area contributed by atoms with Crippen molar-refractivity contribution in [3.63, 3.8) is 0 Å². The predicted molar refractivity (Wildman–Crippen MR) is 308 cm³/mol. The predicted octanol–water partition coefficient (Wildman–Crippen LogP) is 20.1. The summed E-state index contributed by atoms with van der Waals surface area (Å²) in [5.74, 6) is 0.900. The van der Waals surface area contributed by atoms with Gasteiger partial charge < -0.3 is 23.4 Å². The Morgan fingerprint density at radius 2 is 0.667 bits per heavy atom. The lowest BCUT2D eigenvalue weighted by molar-refractivity contribution is -0.144. The Labute approximate surface area is 445 Å². The Balaban J connectivity index is 1.75. The van der Waals surface area contributed by atoms with E-state index in [1.54, 1.807) is 0 Å². The van der Waals surface area contributed by atoms with Crippen LogP contribution >= 0.6 is 8.60 Å². The maximum atomic E-state index is 12.8. The Hall–Kier alpha value is -2.63. The SMILES string of the molecule is CCCCCCCCCCCCCCCCCCOC(=O)CCc1cc(C)c(OP(O)Oc2c(C)cc(CCC(=O)OCCCCCCCCCCCCCCCCCC)cc2C(C)(C)C)c(C(C)(C)C)c1. The molecule has 2 rings (SSSR count). The molecule has 0 bridgehead atoms. The zero-order chi connectivity index (χ0) is 52.9. The molecule has 414 valence electrons. The Kier molecular flexibility index (Phi) is 36.1. The average molecular weight is 1020 g/mol. The van der Waals surface area contributed by atoms with Crippen molar-refractivity contribution in [2.45, 2.75) is 311 Å². The molecule has 0 amide bonds. The van der Waals surface area contributed by atoms with E-state index in [0.717, 1.165) is 59.1 Å². The lowest BCUT2D eigenvalue weighted by Crippen LogP contribution is -2.16. The van der Waals surface area contributed by atoms with Gasteiger partial charge in [-0.15, -0.1) is 0 Å². The highest BCUT2D eigenvalue weighted by atomic mass is 31.2. The molecule has 0 saturated heterocycles. The Bertz CT molecular complexity index is 1580. The number of rotatable bonds is 44. The van der Waals surface area contributed by atoms with Crippen LogP contribution in [0.4, 0.5) is 0 Å². The van der Waals surface area contributed by atoms with Crippen LogP contribution in [0.5, 0.6) is 11.5 Å². The van der Waals surface area contributed by atoms with Crippen LogP contribution in [0, 0.1) is 13.8 Å². The molecule has 0 saturated carbocycles. The van der Waals surface area contributed by atoms with Gasteiger partial charge in [0, 0.05) is 24.0 Å². The fourth-order valence-corrected chi connectivity index (χ4v) is 10.7. The third-order valence-corrected chi connectivity index (χ3v) is 15.1. The van der Waals surface area contributed by atoms with Gasteiger partial charge in [-0.3, -0.25) is 9.59 Å². The summed E-state index contributed by atoms with van der Waals surface area (Å²) in [6, 6.07) is 8.29. The highest BCUT2D eigenvalue weighted by molar-refractivity contribution is 7.41. The van der Waals surface area contributed by atoms with Crippen LogP contribution in [0.2, 0.25) is 0 Å². The molecule has 0 radical (unpaired) electrons. The zero-order valence-electron chi connectivity index (χ0n) is 48.5. The standard InChI is InChI=1S/C64H111O7P/c1-11-13-15-17-19-21-23-25-27-29-31-33-35-37-39-41-47-68-59(65)45-43-55-49-53(3)61(57(51-55)63(5,6)7)70-72(67)71-62-54(4)50-56(52-58(62)64(8,9)10)44-46-60(66)69-48-42-40-38-36-34-32-30-28-26-24-22-20-18-16-14-12-2/h49-52,67H,11-48H2,1-10H3. The summed E-state index contributed by atoms with van der Waals surface area (Å²) in [4.78, 5) is 37.0. The molecule has 7 nitrogen and oxygen atoms in total. The molecule has 0 aliphatic carbocycles. The summed E-state index contributed by atoms with van der Waals surface area (Å²) < 4.78 is 23.9. The van der Waals surface area contributed by atoms with E-state index in [2.05, 4.69) is 67.5 Å². The topological polar surface area (TPSA) is 91.3 Å². The quantitative estimate of drug-likeness (QED) is 0.0402. The number of ether oxygens (including phenoxy) is 2. The van der Waals surface area contributed by atoms with Gasteiger partial charge in [0.1, 0.15) is 11.5 Å². The first-order valence-electron chi connectivity index (χ1n) is 30.0. The van der Waals surface area contributed by atoms with Crippen LogP contribution in [0.3, 0.4) is 0 Å². The highest BCUT2D eigenvalue weighted by Crippen LogP contribution is 2.47. The van der Waals surface area contributed by atoms with E-state index in [4.69, 9.17) is 18.5 Å². The maximum Gasteiger partial charge on any atom is 0.460 e. The molecule has 0 fully saturated rings. The number of carbonyl (C=O) groups excluding carboxylic acids is 2. The van der Waals surface area contributed by atoms with Crippen molar-refractivity contribution in [2.75, 3.05) is 13.2 Å². The average Bonchev–Trinajstić information content (AvgIpc) is 3.32. The smallest absolute Gasteiger partial charge is 0.460 e. The number of esters is 2. The maximum absolute atomic E-state index is 12.8. The molecule has 2 aromatic carbocycles. The van der Waals surface area contributed by atoms with Crippen molar-refractivity contribution < 1.29 is 33.0 Å². The molecule has 0 unspecified atom stereocenters. The molecular formula is C64H111O7P. The number of benzene rings is 2. The van der Waals surface area contributed by atoms with Crippen LogP contribution in [-0.2, 0) is 42.7 Å². The molecule has 0 aromatic heterocycles. The molecule has 0 aliphatic rings. The van der Waals surface area contributed by atoms with Crippen LogP contribution in [0.1, 0.15) is 307 Å². The van der Waals surface area contributed by atoms with E-state index in [0.29, 0.717) is 50.4 Å². The van der Waals surface area contributed by atoms with Gasteiger partial charge in [-0.2, -0.15) is 0 Å². The van der Waals surface area contributed by atoms with Gasteiger partial charge in [-0.05, 0) is 72.6 Å². The fourth-order valence-electron chi connectivity index (χ4n) is 9.83. The molecule has 1 N–H and O–H groups in total. The van der Waals surface area contributed by atoms with Crippen molar-refractivity contribution in [3.05, 3.63) is 57.6 Å². The van der Waals surface area contributed by atoms with E-state index in [1.807, 2.05) is 26.0 Å². The van der Waals surface area contributed by atoms with Crippen molar-refractivity contribution in [1.29, 1.82) is 0 Å². The Morgan fingerprint density at radius 3 is 0.917 bits per heavy atom. The minimum atomic E-state index is -2.34. The lowest BCUT2D eigenvalue weighted by atomic mass is 9.83. The van der Waals surface area contributed by atoms with Crippen LogP contribution in [-0.4, -0.2) is 30.0 Å². The summed E-state index contributed by atoms with van der Waals surface area (Å²) in [6.07, 6.45) is 44.0. The van der Waals surface area contributed by atoms with Gasteiger partial charge in [0.15, 0.2) is 0 Å². The first-order chi connectivity index (χ1) is 34.6. The molecule has 2 aromatic rings. The minimum Gasteiger partial charge on any atom is -0.466 e. The second kappa shape index (κ2) is 39.7.